The smallest absolute Gasteiger partial charge is 0.0868 e. The van der Waals surface area contributed by atoms with Gasteiger partial charge in [0.05, 0.1) is 23.0 Å². The number of rotatable bonds is 8. The van der Waals surface area contributed by atoms with Crippen LogP contribution in [0.5, 0.6) is 0 Å². The molecule has 0 atom stereocenters. The molecule has 5 heteroatoms. The fourth-order valence-corrected chi connectivity index (χ4v) is 2.77. The monoisotopic (exact) mass is 308 g/mol. The molecular weight excluding hydrogens is 284 g/mol. The van der Waals surface area contributed by atoms with E-state index in [0.29, 0.717) is 0 Å². The molecule has 0 saturated heterocycles. The van der Waals surface area contributed by atoms with Crippen LogP contribution in [-0.4, -0.2) is 20.9 Å². The van der Waals surface area contributed by atoms with Crippen molar-refractivity contribution in [2.45, 2.75) is 53.2 Å². The minimum Gasteiger partial charge on any atom is -0.348 e. The molecule has 0 saturated carbocycles. The lowest BCUT2D eigenvalue weighted by Gasteiger charge is -2.06. The number of aromatic nitrogens is 3. The number of nitrogens with zero attached hydrogens (tertiary/aromatic N) is 3. The number of hydrogen-bond acceptors (Lipinski definition) is 2. The minimum atomic E-state index is 0.771. The van der Waals surface area contributed by atoms with Gasteiger partial charge in [0, 0.05) is 25.5 Å². The van der Waals surface area contributed by atoms with Crippen LogP contribution in [0.4, 0.5) is 0 Å². The summed E-state index contributed by atoms with van der Waals surface area (Å²) in [4.78, 5) is 0. The van der Waals surface area contributed by atoms with E-state index in [1.165, 1.54) is 5.56 Å². The predicted octanol–water partition coefficient (Wildman–Crippen LogP) is 3.47. The lowest BCUT2D eigenvalue weighted by molar-refractivity contribution is 0.595. The molecule has 2 heterocycles. The molecule has 1 N–H and O–H groups in total. The average Bonchev–Trinajstić information content (AvgIpc) is 3.05. The van der Waals surface area contributed by atoms with E-state index in [4.69, 9.17) is 11.6 Å². The van der Waals surface area contributed by atoms with Crippen LogP contribution >= 0.6 is 11.6 Å². The van der Waals surface area contributed by atoms with E-state index in [9.17, 15) is 0 Å². The van der Waals surface area contributed by atoms with Crippen LogP contribution in [0.2, 0.25) is 5.02 Å². The highest BCUT2D eigenvalue weighted by atomic mass is 35.5. The van der Waals surface area contributed by atoms with Gasteiger partial charge in [0.2, 0.25) is 0 Å². The normalized spacial score (nSPS) is 11.2. The molecule has 0 fully saturated rings. The summed E-state index contributed by atoms with van der Waals surface area (Å²) in [6.07, 6.45) is 6.32. The molecule has 2 rings (SSSR count). The van der Waals surface area contributed by atoms with Gasteiger partial charge in [-0.3, -0.25) is 4.68 Å². The second kappa shape index (κ2) is 7.66. The largest absolute Gasteiger partial charge is 0.348 e. The molecule has 4 nitrogen and oxygen atoms in total. The van der Waals surface area contributed by atoms with Gasteiger partial charge in [-0.05, 0) is 37.9 Å². The molecule has 21 heavy (non-hydrogen) atoms. The van der Waals surface area contributed by atoms with Crippen molar-refractivity contribution in [1.29, 1.82) is 0 Å². The van der Waals surface area contributed by atoms with E-state index in [-0.39, 0.29) is 0 Å². The van der Waals surface area contributed by atoms with Gasteiger partial charge in [0.25, 0.3) is 0 Å². The van der Waals surface area contributed by atoms with Crippen molar-refractivity contribution in [2.24, 2.45) is 0 Å². The summed E-state index contributed by atoms with van der Waals surface area (Å²) in [5, 5.41) is 8.81. The molecule has 0 aliphatic rings. The Kier molecular flexibility index (Phi) is 5.88. The van der Waals surface area contributed by atoms with Crippen molar-refractivity contribution < 1.29 is 0 Å². The first-order valence-electron chi connectivity index (χ1n) is 7.78. The third kappa shape index (κ3) is 3.89. The summed E-state index contributed by atoms with van der Waals surface area (Å²) in [6.45, 7) is 9.96. The predicted molar refractivity (Wildman–Crippen MR) is 87.8 cm³/mol. The third-order valence-electron chi connectivity index (χ3n) is 3.59. The highest BCUT2D eigenvalue weighted by Crippen LogP contribution is 2.22. The van der Waals surface area contributed by atoms with E-state index in [0.717, 1.165) is 55.4 Å². The van der Waals surface area contributed by atoms with Gasteiger partial charge < -0.3 is 9.88 Å². The molecule has 0 aliphatic heterocycles. The Balaban J connectivity index is 2.09. The summed E-state index contributed by atoms with van der Waals surface area (Å²) < 4.78 is 4.19. The second-order valence-corrected chi connectivity index (χ2v) is 5.62. The minimum absolute atomic E-state index is 0.771. The zero-order chi connectivity index (χ0) is 15.2. The molecule has 116 valence electrons. The van der Waals surface area contributed by atoms with Crippen LogP contribution in [0.15, 0.2) is 18.5 Å². The Labute approximate surface area is 132 Å². The lowest BCUT2D eigenvalue weighted by Crippen LogP contribution is -2.13. The zero-order valence-corrected chi connectivity index (χ0v) is 14.0. The SMILES string of the molecule is CCCNCc1ccn(Cc2c(Cl)c(CC)nn2CC)c1. The average molecular weight is 309 g/mol. The second-order valence-electron chi connectivity index (χ2n) is 5.25. The highest BCUT2D eigenvalue weighted by Gasteiger charge is 2.14. The maximum Gasteiger partial charge on any atom is 0.0868 e. The van der Waals surface area contributed by atoms with Crippen LogP contribution in [0.3, 0.4) is 0 Å². The quantitative estimate of drug-likeness (QED) is 0.758. The molecule has 2 aromatic rings. The molecule has 0 aliphatic carbocycles. The Hall–Kier alpha value is -1.26. The van der Waals surface area contributed by atoms with Gasteiger partial charge in [0.15, 0.2) is 0 Å². The molecular formula is C16H25ClN4. The summed E-state index contributed by atoms with van der Waals surface area (Å²) >= 11 is 6.46. The van der Waals surface area contributed by atoms with Gasteiger partial charge >= 0.3 is 0 Å². The fourth-order valence-electron chi connectivity index (χ4n) is 2.44. The van der Waals surface area contributed by atoms with Crippen LogP contribution in [0.25, 0.3) is 0 Å². The van der Waals surface area contributed by atoms with Crippen LogP contribution in [0, 0.1) is 0 Å². The van der Waals surface area contributed by atoms with E-state index in [1.54, 1.807) is 0 Å². The number of aryl methyl sites for hydroxylation is 2. The van der Waals surface area contributed by atoms with Crippen LogP contribution in [-0.2, 0) is 26.1 Å². The van der Waals surface area contributed by atoms with Gasteiger partial charge in [-0.2, -0.15) is 5.10 Å². The number of nitrogens with one attached hydrogen (secondary N) is 1. The fraction of sp³-hybridized carbons (Fsp3) is 0.562. The summed E-state index contributed by atoms with van der Waals surface area (Å²) in [7, 11) is 0. The molecule has 0 aromatic carbocycles. The van der Waals surface area contributed by atoms with Gasteiger partial charge in [-0.1, -0.05) is 25.4 Å². The summed E-state index contributed by atoms with van der Waals surface area (Å²) in [5.41, 5.74) is 3.39. The Bertz CT molecular complexity index is 571. The van der Waals surface area contributed by atoms with E-state index < -0.39 is 0 Å². The first kappa shape index (κ1) is 16.1. The Morgan fingerprint density at radius 2 is 2.10 bits per heavy atom. The van der Waals surface area contributed by atoms with Crippen molar-refractivity contribution in [1.82, 2.24) is 19.7 Å². The summed E-state index contributed by atoms with van der Waals surface area (Å²) in [6, 6.07) is 2.16. The van der Waals surface area contributed by atoms with E-state index in [1.807, 2.05) is 4.68 Å². The van der Waals surface area contributed by atoms with Crippen molar-refractivity contribution in [2.75, 3.05) is 6.54 Å². The maximum absolute atomic E-state index is 6.46. The van der Waals surface area contributed by atoms with Gasteiger partial charge in [-0.25, -0.2) is 0 Å². The Morgan fingerprint density at radius 1 is 1.29 bits per heavy atom. The standard InChI is InChI=1S/C16H25ClN4/c1-4-8-18-10-13-7-9-20(11-13)12-15-16(17)14(5-2)19-21(15)6-3/h7,9,11,18H,4-6,8,10,12H2,1-3H3. The van der Waals surface area contributed by atoms with E-state index >= 15 is 0 Å². The van der Waals surface area contributed by atoms with Crippen molar-refractivity contribution in [3.8, 4) is 0 Å². The third-order valence-corrected chi connectivity index (χ3v) is 4.03. The first-order chi connectivity index (χ1) is 10.2. The molecule has 0 spiro atoms. The number of hydrogen-bond donors (Lipinski definition) is 1. The Morgan fingerprint density at radius 3 is 2.76 bits per heavy atom. The lowest BCUT2D eigenvalue weighted by atomic mass is 10.3. The van der Waals surface area contributed by atoms with Crippen molar-refractivity contribution in [3.05, 3.63) is 40.4 Å². The molecule has 0 unspecified atom stereocenters. The number of halogens is 1. The van der Waals surface area contributed by atoms with Crippen LogP contribution < -0.4 is 5.32 Å². The van der Waals surface area contributed by atoms with Crippen molar-refractivity contribution in [3.63, 3.8) is 0 Å². The molecule has 0 radical (unpaired) electrons. The molecule has 0 bridgehead atoms. The zero-order valence-electron chi connectivity index (χ0n) is 13.2. The summed E-state index contributed by atoms with van der Waals surface area (Å²) in [5.74, 6) is 0. The highest BCUT2D eigenvalue weighted by molar-refractivity contribution is 6.31. The molecule has 0 amide bonds. The topological polar surface area (TPSA) is 34.8 Å². The van der Waals surface area contributed by atoms with Gasteiger partial charge in [0.1, 0.15) is 0 Å². The molecule has 2 aromatic heterocycles. The van der Waals surface area contributed by atoms with Crippen molar-refractivity contribution >= 4 is 11.6 Å². The van der Waals surface area contributed by atoms with E-state index in [2.05, 4.69) is 54.2 Å². The van der Waals surface area contributed by atoms with Crippen LogP contribution in [0.1, 0.15) is 44.1 Å². The first-order valence-corrected chi connectivity index (χ1v) is 8.16. The van der Waals surface area contributed by atoms with Gasteiger partial charge in [-0.15, -0.1) is 0 Å². The maximum atomic E-state index is 6.46.